The molecule has 8 nitrogen and oxygen atoms in total. The zero-order chi connectivity index (χ0) is 21.4. The number of phenolic OH excluding ortho intramolecular Hbond substituents is 1. The molecule has 1 amide bonds. The molecule has 0 unspecified atom stereocenters. The van der Waals surface area contributed by atoms with Gasteiger partial charge in [-0.3, -0.25) is 5.32 Å². The van der Waals surface area contributed by atoms with E-state index in [-0.39, 0.29) is 11.5 Å². The number of hydrogen-bond acceptors (Lipinski definition) is 6. The van der Waals surface area contributed by atoms with Crippen LogP contribution in [0.1, 0.15) is 24.2 Å². The molecular formula is C21H20N2O6. The highest BCUT2D eigenvalue weighted by molar-refractivity contribution is 5.85. The van der Waals surface area contributed by atoms with Crippen LogP contribution in [-0.4, -0.2) is 29.4 Å². The van der Waals surface area contributed by atoms with Gasteiger partial charge in [-0.15, -0.1) is 0 Å². The lowest BCUT2D eigenvalue weighted by Gasteiger charge is -2.23. The van der Waals surface area contributed by atoms with Crippen molar-refractivity contribution in [3.63, 3.8) is 0 Å². The average Bonchev–Trinajstić information content (AvgIpc) is 2.70. The average molecular weight is 396 g/mol. The van der Waals surface area contributed by atoms with E-state index in [1.165, 1.54) is 25.3 Å². The zero-order valence-electron chi connectivity index (χ0n) is 15.8. The summed E-state index contributed by atoms with van der Waals surface area (Å²) in [6.45, 7) is 1.68. The van der Waals surface area contributed by atoms with Crippen molar-refractivity contribution >= 4 is 17.7 Å². The van der Waals surface area contributed by atoms with Crippen LogP contribution in [0.2, 0.25) is 0 Å². The molecule has 0 spiro atoms. The highest BCUT2D eigenvalue weighted by atomic mass is 16.6. The predicted molar refractivity (Wildman–Crippen MR) is 105 cm³/mol. The second-order valence-electron chi connectivity index (χ2n) is 6.13. The number of rotatable bonds is 7. The molecule has 150 valence electrons. The number of carboxylic acid groups (broad SMARTS) is 1. The van der Waals surface area contributed by atoms with Gasteiger partial charge in [0.15, 0.2) is 11.5 Å². The van der Waals surface area contributed by atoms with Crippen LogP contribution in [0.25, 0.3) is 0 Å². The molecule has 3 N–H and O–H groups in total. The normalized spacial score (nSPS) is 12.6. The van der Waals surface area contributed by atoms with Gasteiger partial charge in [0.25, 0.3) is 0 Å². The number of nitriles is 1. The summed E-state index contributed by atoms with van der Waals surface area (Å²) in [5.74, 6) is -1.52. The molecule has 0 saturated heterocycles. The van der Waals surface area contributed by atoms with Crippen molar-refractivity contribution in [1.82, 2.24) is 0 Å². The van der Waals surface area contributed by atoms with Crippen LogP contribution in [-0.2, 0) is 9.53 Å². The number of carbonyl (C=O) groups excluding carboxylic acids is 1. The lowest BCUT2D eigenvalue weighted by atomic mass is 9.96. The van der Waals surface area contributed by atoms with E-state index in [4.69, 9.17) is 19.8 Å². The third-order valence-electron chi connectivity index (χ3n) is 4.05. The van der Waals surface area contributed by atoms with Crippen LogP contribution in [0.3, 0.4) is 0 Å². The van der Waals surface area contributed by atoms with Gasteiger partial charge in [-0.2, -0.15) is 5.26 Å². The highest BCUT2D eigenvalue weighted by Gasteiger charge is 2.23. The number of benzene rings is 2. The molecule has 0 fully saturated rings. The molecule has 0 aromatic heterocycles. The molecule has 0 heterocycles. The quantitative estimate of drug-likeness (QED) is 0.606. The Hall–Kier alpha value is -3.99. The van der Waals surface area contributed by atoms with Crippen LogP contribution < -0.4 is 10.1 Å². The van der Waals surface area contributed by atoms with Crippen molar-refractivity contribution in [2.24, 2.45) is 5.92 Å². The summed E-state index contributed by atoms with van der Waals surface area (Å²) < 4.78 is 10.5. The van der Waals surface area contributed by atoms with Crippen molar-refractivity contribution in [3.05, 3.63) is 65.7 Å². The Morgan fingerprint density at radius 3 is 2.45 bits per heavy atom. The number of nitrogens with one attached hydrogen (secondary N) is 1. The molecule has 2 aromatic rings. The molecule has 0 saturated carbocycles. The Kier molecular flexibility index (Phi) is 7.20. The molecule has 0 bridgehead atoms. The maximum Gasteiger partial charge on any atom is 0.412 e. The van der Waals surface area contributed by atoms with Crippen LogP contribution >= 0.6 is 0 Å². The van der Waals surface area contributed by atoms with E-state index in [1.54, 1.807) is 37.3 Å². The van der Waals surface area contributed by atoms with E-state index in [9.17, 15) is 14.7 Å². The van der Waals surface area contributed by atoms with Crippen LogP contribution in [0.15, 0.2) is 54.6 Å². The minimum atomic E-state index is -1.13. The molecule has 2 atom stereocenters. The lowest BCUT2D eigenvalue weighted by Crippen LogP contribution is -2.21. The molecule has 0 aliphatic heterocycles. The second kappa shape index (κ2) is 9.80. The Morgan fingerprint density at radius 1 is 1.21 bits per heavy atom. The fourth-order valence-corrected chi connectivity index (χ4v) is 2.59. The summed E-state index contributed by atoms with van der Waals surface area (Å²) in [4.78, 5) is 23.2. The van der Waals surface area contributed by atoms with Crippen LogP contribution in [0.4, 0.5) is 10.5 Å². The van der Waals surface area contributed by atoms with Gasteiger partial charge >= 0.3 is 12.1 Å². The number of anilines is 1. The summed E-state index contributed by atoms with van der Waals surface area (Å²) in [5, 5.41) is 30.3. The van der Waals surface area contributed by atoms with Crippen molar-refractivity contribution in [2.75, 3.05) is 12.4 Å². The van der Waals surface area contributed by atoms with E-state index < -0.39 is 24.1 Å². The van der Waals surface area contributed by atoms with Gasteiger partial charge in [-0.05, 0) is 42.0 Å². The van der Waals surface area contributed by atoms with Gasteiger partial charge in [0.2, 0.25) is 0 Å². The van der Waals surface area contributed by atoms with E-state index >= 15 is 0 Å². The second-order valence-corrected chi connectivity index (χ2v) is 6.13. The molecule has 29 heavy (non-hydrogen) atoms. The largest absolute Gasteiger partial charge is 0.504 e. The topological polar surface area (TPSA) is 129 Å². The number of hydrogen-bond donors (Lipinski definition) is 3. The van der Waals surface area contributed by atoms with Crippen molar-refractivity contribution in [2.45, 2.75) is 13.0 Å². The first-order chi connectivity index (χ1) is 13.8. The van der Waals surface area contributed by atoms with Crippen LogP contribution in [0, 0.1) is 17.2 Å². The molecular weight excluding hydrogens is 376 g/mol. The minimum absolute atomic E-state index is 0.138. The summed E-state index contributed by atoms with van der Waals surface area (Å²) in [6, 6.07) is 12.7. The monoisotopic (exact) mass is 396 g/mol. The Morgan fingerprint density at radius 2 is 1.90 bits per heavy atom. The number of amides is 1. The number of aromatic hydroxyl groups is 1. The van der Waals surface area contributed by atoms with Crippen LogP contribution in [0.5, 0.6) is 11.5 Å². The lowest BCUT2D eigenvalue weighted by molar-refractivity contribution is -0.131. The number of carbonyl (C=O) groups is 2. The first-order valence-electron chi connectivity index (χ1n) is 8.60. The summed E-state index contributed by atoms with van der Waals surface area (Å²) in [5.41, 5.74) is 1.34. The number of ether oxygens (including phenoxy) is 2. The molecule has 0 radical (unpaired) electrons. The summed E-state index contributed by atoms with van der Waals surface area (Å²) in [6.07, 6.45) is 0.706. The third-order valence-corrected chi connectivity index (χ3v) is 4.05. The van der Waals surface area contributed by atoms with Gasteiger partial charge in [-0.25, -0.2) is 9.59 Å². The van der Waals surface area contributed by atoms with Gasteiger partial charge < -0.3 is 19.7 Å². The standard InChI is InChI=1S/C21H20N2O6/c1-13(3-10-19(25)26)20(15-6-9-18(28-2)17(24)11-15)29-21(27)23-16-7-4-14(12-22)5-8-16/h3-11,13,20,24H,1-2H3,(H,23,27)(H,25,26)/b10-3+/t13-,20-/m1/s1. The van der Waals surface area contributed by atoms with Gasteiger partial charge in [-0.1, -0.05) is 19.1 Å². The molecule has 2 rings (SSSR count). The minimum Gasteiger partial charge on any atom is -0.504 e. The zero-order valence-corrected chi connectivity index (χ0v) is 15.8. The first kappa shape index (κ1) is 21.3. The summed E-state index contributed by atoms with van der Waals surface area (Å²) in [7, 11) is 1.41. The summed E-state index contributed by atoms with van der Waals surface area (Å²) >= 11 is 0. The maximum absolute atomic E-state index is 12.4. The fourth-order valence-electron chi connectivity index (χ4n) is 2.59. The van der Waals surface area contributed by atoms with Gasteiger partial charge in [0, 0.05) is 17.7 Å². The first-order valence-corrected chi connectivity index (χ1v) is 8.60. The van der Waals surface area contributed by atoms with E-state index in [0.717, 1.165) is 6.08 Å². The number of aliphatic carboxylic acids is 1. The molecule has 0 aliphatic rings. The molecule has 2 aromatic carbocycles. The van der Waals surface area contributed by atoms with Crippen molar-refractivity contribution < 1.29 is 29.3 Å². The van der Waals surface area contributed by atoms with E-state index in [2.05, 4.69) is 5.32 Å². The Balaban J connectivity index is 2.24. The third kappa shape index (κ3) is 6.01. The highest BCUT2D eigenvalue weighted by Crippen LogP contribution is 2.34. The fraction of sp³-hybridized carbons (Fsp3) is 0.190. The van der Waals surface area contributed by atoms with E-state index in [0.29, 0.717) is 16.8 Å². The smallest absolute Gasteiger partial charge is 0.412 e. The Labute approximate surface area is 167 Å². The predicted octanol–water partition coefficient (Wildman–Crippen LogP) is 3.84. The SMILES string of the molecule is COc1ccc([C@H](OC(=O)Nc2ccc(C#N)cc2)[C@H](C)/C=C/C(=O)O)cc1O. The number of methoxy groups -OCH3 is 1. The van der Waals surface area contributed by atoms with Crippen molar-refractivity contribution in [1.29, 1.82) is 5.26 Å². The molecule has 0 aliphatic carbocycles. The number of nitrogens with zero attached hydrogens (tertiary/aromatic N) is 1. The maximum atomic E-state index is 12.4. The number of phenols is 1. The van der Waals surface area contributed by atoms with Gasteiger partial charge in [0.05, 0.1) is 18.7 Å². The number of carboxylic acids is 1. The van der Waals surface area contributed by atoms with E-state index in [1.807, 2.05) is 6.07 Å². The van der Waals surface area contributed by atoms with Crippen molar-refractivity contribution in [3.8, 4) is 17.6 Å². The van der Waals surface area contributed by atoms with Gasteiger partial charge in [0.1, 0.15) is 6.10 Å². The Bertz CT molecular complexity index is 947. The molecule has 8 heteroatoms.